The SMILES string of the molecule is O=C(NC1CCOc2cc(CN3CCCCC3)ccc21)[C@H](O)[C@H](O)CS(=O)(=O)c1cccc(C(F)(F)F)c1. The lowest BCUT2D eigenvalue weighted by atomic mass is 9.98. The number of halogens is 3. The summed E-state index contributed by atoms with van der Waals surface area (Å²) in [5, 5.41) is 23.3. The summed E-state index contributed by atoms with van der Waals surface area (Å²) in [7, 11) is -4.43. The van der Waals surface area contributed by atoms with Crippen molar-refractivity contribution < 1.29 is 41.3 Å². The van der Waals surface area contributed by atoms with Crippen molar-refractivity contribution in [2.75, 3.05) is 25.4 Å². The zero-order valence-corrected chi connectivity index (χ0v) is 21.5. The number of amides is 1. The summed E-state index contributed by atoms with van der Waals surface area (Å²) in [4.78, 5) is 14.4. The van der Waals surface area contributed by atoms with Gasteiger partial charge in [-0.15, -0.1) is 0 Å². The van der Waals surface area contributed by atoms with Gasteiger partial charge >= 0.3 is 6.18 Å². The lowest BCUT2D eigenvalue weighted by Gasteiger charge is -2.30. The minimum absolute atomic E-state index is 0.313. The second-order valence-electron chi connectivity index (χ2n) is 9.73. The predicted molar refractivity (Wildman–Crippen MR) is 132 cm³/mol. The number of likely N-dealkylation sites (tertiary alicyclic amines) is 1. The van der Waals surface area contributed by atoms with E-state index in [1.807, 2.05) is 18.2 Å². The fourth-order valence-corrected chi connectivity index (χ4v) is 6.18. The van der Waals surface area contributed by atoms with Crippen LogP contribution in [0.4, 0.5) is 13.2 Å². The molecule has 1 unspecified atom stereocenters. The minimum atomic E-state index is -4.75. The van der Waals surface area contributed by atoms with Gasteiger partial charge in [0.1, 0.15) is 11.9 Å². The third-order valence-corrected chi connectivity index (χ3v) is 8.59. The number of alkyl halides is 3. The number of carbonyl (C=O) groups excluding carboxylic acids is 1. The molecule has 0 saturated carbocycles. The topological polar surface area (TPSA) is 116 Å². The van der Waals surface area contributed by atoms with E-state index in [9.17, 15) is 36.6 Å². The molecule has 8 nitrogen and oxygen atoms in total. The van der Waals surface area contributed by atoms with Gasteiger partial charge in [0.2, 0.25) is 0 Å². The normalized spacial score (nSPS) is 20.2. The van der Waals surface area contributed by atoms with Gasteiger partial charge in [0.25, 0.3) is 5.91 Å². The number of nitrogens with one attached hydrogen (secondary N) is 1. The van der Waals surface area contributed by atoms with Crippen LogP contribution >= 0.6 is 0 Å². The van der Waals surface area contributed by atoms with Gasteiger partial charge in [0.05, 0.1) is 28.9 Å². The van der Waals surface area contributed by atoms with Gasteiger partial charge in [-0.05, 0) is 55.8 Å². The van der Waals surface area contributed by atoms with Crippen LogP contribution in [0.2, 0.25) is 0 Å². The van der Waals surface area contributed by atoms with E-state index in [-0.39, 0.29) is 0 Å². The lowest BCUT2D eigenvalue weighted by molar-refractivity contribution is -0.137. The number of sulfone groups is 1. The quantitative estimate of drug-likeness (QED) is 0.458. The van der Waals surface area contributed by atoms with E-state index in [1.54, 1.807) is 0 Å². The summed E-state index contributed by atoms with van der Waals surface area (Å²) in [6, 6.07) is 8.27. The molecule has 0 bridgehead atoms. The maximum Gasteiger partial charge on any atom is 0.416 e. The molecular weight excluding hydrogens is 525 g/mol. The minimum Gasteiger partial charge on any atom is -0.493 e. The summed E-state index contributed by atoms with van der Waals surface area (Å²) in [5.74, 6) is -1.52. The molecule has 0 spiro atoms. The molecule has 0 radical (unpaired) electrons. The first-order chi connectivity index (χ1) is 17.9. The van der Waals surface area contributed by atoms with Crippen molar-refractivity contribution in [2.45, 2.75) is 61.5 Å². The molecule has 2 aromatic carbocycles. The van der Waals surface area contributed by atoms with E-state index in [1.165, 1.54) is 19.3 Å². The molecule has 1 saturated heterocycles. The first kappa shape index (κ1) is 28.3. The highest BCUT2D eigenvalue weighted by atomic mass is 32.2. The van der Waals surface area contributed by atoms with E-state index in [0.717, 1.165) is 43.4 Å². The second-order valence-corrected chi connectivity index (χ2v) is 11.8. The molecule has 208 valence electrons. The maximum atomic E-state index is 13.0. The Morgan fingerprint density at radius 1 is 1.11 bits per heavy atom. The van der Waals surface area contributed by atoms with Crippen molar-refractivity contribution in [3.05, 3.63) is 59.2 Å². The van der Waals surface area contributed by atoms with Gasteiger partial charge in [-0.1, -0.05) is 24.6 Å². The number of carbonyl (C=O) groups is 1. The van der Waals surface area contributed by atoms with Crippen LogP contribution in [0.5, 0.6) is 5.75 Å². The summed E-state index contributed by atoms with van der Waals surface area (Å²) in [6.45, 7) is 3.19. The Balaban J connectivity index is 1.39. The van der Waals surface area contributed by atoms with Crippen LogP contribution in [0.1, 0.15) is 48.4 Å². The smallest absolute Gasteiger partial charge is 0.416 e. The maximum absolute atomic E-state index is 13.0. The molecule has 12 heteroatoms. The van der Waals surface area contributed by atoms with Gasteiger partial charge in [-0.2, -0.15) is 13.2 Å². The van der Waals surface area contributed by atoms with E-state index >= 15 is 0 Å². The number of ether oxygens (including phenoxy) is 1. The number of hydrogen-bond acceptors (Lipinski definition) is 7. The molecule has 2 heterocycles. The van der Waals surface area contributed by atoms with Crippen molar-refractivity contribution in [1.82, 2.24) is 10.2 Å². The first-order valence-corrected chi connectivity index (χ1v) is 14.1. The highest BCUT2D eigenvalue weighted by molar-refractivity contribution is 7.91. The summed E-state index contributed by atoms with van der Waals surface area (Å²) < 4.78 is 69.8. The Bertz CT molecular complexity index is 1250. The fourth-order valence-electron chi connectivity index (χ4n) is 4.77. The van der Waals surface area contributed by atoms with E-state index in [4.69, 9.17) is 4.74 Å². The van der Waals surface area contributed by atoms with Crippen molar-refractivity contribution in [3.63, 3.8) is 0 Å². The van der Waals surface area contributed by atoms with Gasteiger partial charge in [-0.25, -0.2) is 8.42 Å². The zero-order chi connectivity index (χ0) is 27.5. The van der Waals surface area contributed by atoms with E-state index in [0.29, 0.717) is 30.4 Å². The molecule has 38 heavy (non-hydrogen) atoms. The summed E-state index contributed by atoms with van der Waals surface area (Å²) >= 11 is 0. The molecule has 0 aliphatic carbocycles. The average Bonchev–Trinajstić information content (AvgIpc) is 2.88. The lowest BCUT2D eigenvalue weighted by Crippen LogP contribution is -2.46. The molecular formula is C26H31F3N2O6S. The monoisotopic (exact) mass is 556 g/mol. The Kier molecular flexibility index (Phi) is 8.65. The van der Waals surface area contributed by atoms with Crippen LogP contribution in [-0.4, -0.2) is 67.1 Å². The number of fused-ring (bicyclic) bond motifs is 1. The number of nitrogens with zero attached hydrogens (tertiary/aromatic N) is 1. The number of hydrogen-bond donors (Lipinski definition) is 3. The Labute approximate surface area is 219 Å². The Hall–Kier alpha value is -2.67. The van der Waals surface area contributed by atoms with Crippen molar-refractivity contribution in [2.24, 2.45) is 0 Å². The molecule has 2 aliphatic rings. The molecule has 4 rings (SSSR count). The number of benzene rings is 2. The van der Waals surface area contributed by atoms with Gasteiger partial charge in [0, 0.05) is 18.5 Å². The molecule has 3 N–H and O–H groups in total. The molecule has 1 amide bonds. The highest BCUT2D eigenvalue weighted by Gasteiger charge is 2.35. The van der Waals surface area contributed by atoms with Crippen molar-refractivity contribution in [1.29, 1.82) is 0 Å². The second kappa shape index (κ2) is 11.6. The van der Waals surface area contributed by atoms with E-state index in [2.05, 4.69) is 10.2 Å². The van der Waals surface area contributed by atoms with Crippen LogP contribution in [0.25, 0.3) is 0 Å². The zero-order valence-electron chi connectivity index (χ0n) is 20.7. The molecule has 0 aromatic heterocycles. The van der Waals surface area contributed by atoms with Crippen LogP contribution in [0.3, 0.4) is 0 Å². The van der Waals surface area contributed by atoms with Crippen molar-refractivity contribution >= 4 is 15.7 Å². The largest absolute Gasteiger partial charge is 0.493 e. The number of aliphatic hydroxyl groups is 2. The average molecular weight is 557 g/mol. The summed E-state index contributed by atoms with van der Waals surface area (Å²) in [5.41, 5.74) is 0.613. The van der Waals surface area contributed by atoms with Crippen molar-refractivity contribution in [3.8, 4) is 5.75 Å². The first-order valence-electron chi connectivity index (χ1n) is 12.5. The third kappa shape index (κ3) is 6.85. The third-order valence-electron chi connectivity index (χ3n) is 6.83. The Morgan fingerprint density at radius 2 is 1.84 bits per heavy atom. The van der Waals surface area contributed by atoms with Gasteiger partial charge in [0.15, 0.2) is 15.9 Å². The summed E-state index contributed by atoms with van der Waals surface area (Å²) in [6.07, 6.45) is -4.94. The van der Waals surface area contributed by atoms with Gasteiger partial charge in [-0.3, -0.25) is 9.69 Å². The molecule has 2 aliphatic heterocycles. The van der Waals surface area contributed by atoms with E-state index < -0.39 is 56.4 Å². The number of piperidine rings is 1. The van der Waals surface area contributed by atoms with Crippen LogP contribution in [-0.2, 0) is 27.4 Å². The number of rotatable bonds is 8. The fraction of sp³-hybridized carbons (Fsp3) is 0.500. The predicted octanol–water partition coefficient (Wildman–Crippen LogP) is 2.83. The highest BCUT2D eigenvalue weighted by Crippen LogP contribution is 2.34. The Morgan fingerprint density at radius 3 is 2.55 bits per heavy atom. The van der Waals surface area contributed by atoms with Gasteiger partial charge < -0.3 is 20.3 Å². The molecule has 2 aromatic rings. The standard InChI is InChI=1S/C26H31F3N2O6S/c27-26(28,29)18-5-4-6-19(14-18)38(35,36)16-22(32)24(33)25(34)30-21-9-12-37-23-13-17(7-8-20(21)23)15-31-10-2-1-3-11-31/h4-8,13-14,21-22,24,32-33H,1-3,9-12,15-16H2,(H,30,34)/t21?,22-,24-/m1/s1. The molecule has 1 fully saturated rings. The van der Waals surface area contributed by atoms with Crippen LogP contribution in [0, 0.1) is 0 Å². The van der Waals surface area contributed by atoms with Crippen LogP contribution in [0.15, 0.2) is 47.4 Å². The molecule has 3 atom stereocenters. The number of aliphatic hydroxyl groups excluding tert-OH is 2. The van der Waals surface area contributed by atoms with Crippen LogP contribution < -0.4 is 10.1 Å².